The number of hydrogen-bond acceptors (Lipinski definition) is 4. The highest BCUT2D eigenvalue weighted by Gasteiger charge is 2.52. The summed E-state index contributed by atoms with van der Waals surface area (Å²) >= 11 is 5.93. The molecule has 0 radical (unpaired) electrons. The molecule has 2 aromatic carbocycles. The van der Waals surface area contributed by atoms with E-state index in [4.69, 9.17) is 21.1 Å². The Bertz CT molecular complexity index is 1000. The second-order valence-corrected chi connectivity index (χ2v) is 8.40. The van der Waals surface area contributed by atoms with E-state index in [1.807, 2.05) is 32.9 Å². The van der Waals surface area contributed by atoms with Crippen molar-refractivity contribution in [3.05, 3.63) is 75.0 Å². The Balaban J connectivity index is 1.85. The van der Waals surface area contributed by atoms with Crippen LogP contribution in [-0.4, -0.2) is 17.5 Å². The number of hydrogen-bond donors (Lipinski definition) is 0. The van der Waals surface area contributed by atoms with Crippen LogP contribution in [0.5, 0.6) is 0 Å². The molecule has 5 heteroatoms. The van der Waals surface area contributed by atoms with Crippen LogP contribution in [0.3, 0.4) is 0 Å². The van der Waals surface area contributed by atoms with Crippen LogP contribution in [0.1, 0.15) is 58.3 Å². The van der Waals surface area contributed by atoms with Crippen LogP contribution >= 0.6 is 11.6 Å². The Morgan fingerprint density at radius 3 is 2.21 bits per heavy atom. The van der Waals surface area contributed by atoms with E-state index >= 15 is 0 Å². The first-order chi connectivity index (χ1) is 13.8. The molecule has 0 aromatic heterocycles. The molecule has 1 heterocycles. The maximum Gasteiger partial charge on any atom is 0.343 e. The van der Waals surface area contributed by atoms with Crippen LogP contribution in [0.25, 0.3) is 5.57 Å². The molecule has 2 aliphatic rings. The molecule has 2 aromatic rings. The first-order valence-corrected chi connectivity index (χ1v) is 10.2. The normalized spacial score (nSPS) is 17.7. The van der Waals surface area contributed by atoms with Crippen molar-refractivity contribution in [3.63, 3.8) is 0 Å². The van der Waals surface area contributed by atoms with E-state index in [1.165, 1.54) is 0 Å². The summed E-state index contributed by atoms with van der Waals surface area (Å²) < 4.78 is 11.8. The van der Waals surface area contributed by atoms with Gasteiger partial charge < -0.3 is 9.47 Å². The number of ether oxygens (including phenoxy) is 2. The highest BCUT2D eigenvalue weighted by atomic mass is 35.5. The summed E-state index contributed by atoms with van der Waals surface area (Å²) in [5.41, 5.74) is 3.75. The van der Waals surface area contributed by atoms with Crippen LogP contribution in [0.4, 0.5) is 0 Å². The summed E-state index contributed by atoms with van der Waals surface area (Å²) in [4.78, 5) is 25.9. The van der Waals surface area contributed by atoms with E-state index in [0.717, 1.165) is 35.1 Å². The van der Waals surface area contributed by atoms with Crippen molar-refractivity contribution in [3.8, 4) is 0 Å². The minimum atomic E-state index is -0.849. The van der Waals surface area contributed by atoms with Crippen molar-refractivity contribution in [1.29, 1.82) is 0 Å². The molecular weight excluding hydrogens is 388 g/mol. The molecule has 4 nitrogen and oxygen atoms in total. The lowest BCUT2D eigenvalue weighted by molar-refractivity contribution is -0.146. The first kappa shape index (κ1) is 19.7. The predicted molar refractivity (Wildman–Crippen MR) is 112 cm³/mol. The molecule has 150 valence electrons. The van der Waals surface area contributed by atoms with E-state index in [0.29, 0.717) is 34.8 Å². The van der Waals surface area contributed by atoms with Crippen molar-refractivity contribution in [2.45, 2.75) is 52.1 Å². The van der Waals surface area contributed by atoms with Crippen molar-refractivity contribution >= 4 is 29.1 Å². The lowest BCUT2D eigenvalue weighted by Gasteiger charge is -2.24. The zero-order valence-electron chi connectivity index (χ0n) is 16.8. The van der Waals surface area contributed by atoms with Gasteiger partial charge in [-0.3, -0.25) is 0 Å². The zero-order chi connectivity index (χ0) is 20.8. The topological polar surface area (TPSA) is 52.6 Å². The third kappa shape index (κ3) is 3.46. The maximum atomic E-state index is 13.0. The number of halogens is 1. The van der Waals surface area contributed by atoms with Gasteiger partial charge >= 0.3 is 11.9 Å². The highest BCUT2D eigenvalue weighted by molar-refractivity contribution is 6.30. The van der Waals surface area contributed by atoms with Crippen LogP contribution in [0, 0.1) is 20.8 Å². The van der Waals surface area contributed by atoms with Crippen molar-refractivity contribution in [2.24, 2.45) is 0 Å². The third-order valence-electron chi connectivity index (χ3n) is 5.75. The molecule has 1 spiro atoms. The number of benzene rings is 2. The van der Waals surface area contributed by atoms with Gasteiger partial charge in [0, 0.05) is 5.02 Å². The van der Waals surface area contributed by atoms with Gasteiger partial charge in [0.1, 0.15) is 5.57 Å². The fourth-order valence-corrected chi connectivity index (χ4v) is 4.67. The number of esters is 2. The third-order valence-corrected chi connectivity index (χ3v) is 6.00. The minimum absolute atomic E-state index is 0.356. The van der Waals surface area contributed by atoms with E-state index in [1.54, 1.807) is 24.3 Å². The molecule has 0 saturated heterocycles. The molecule has 4 rings (SSSR count). The zero-order valence-corrected chi connectivity index (χ0v) is 17.6. The molecule has 29 heavy (non-hydrogen) atoms. The van der Waals surface area contributed by atoms with Gasteiger partial charge in [-0.25, -0.2) is 9.59 Å². The highest BCUT2D eigenvalue weighted by Crippen LogP contribution is 2.49. The molecule has 0 atom stereocenters. The van der Waals surface area contributed by atoms with Crippen molar-refractivity contribution in [1.82, 2.24) is 0 Å². The number of carbonyl (C=O) groups excluding carboxylic acids is 2. The largest absolute Gasteiger partial charge is 0.447 e. The summed E-state index contributed by atoms with van der Waals surface area (Å²) in [6, 6.07) is 10.6. The van der Waals surface area contributed by atoms with E-state index in [9.17, 15) is 9.59 Å². The van der Waals surface area contributed by atoms with E-state index in [-0.39, 0.29) is 0 Å². The summed E-state index contributed by atoms with van der Waals surface area (Å²) in [5, 5.41) is 0.541. The van der Waals surface area contributed by atoms with Crippen LogP contribution in [0.15, 0.2) is 42.2 Å². The monoisotopic (exact) mass is 410 g/mol. The van der Waals surface area contributed by atoms with Gasteiger partial charge in [-0.15, -0.1) is 0 Å². The van der Waals surface area contributed by atoms with Gasteiger partial charge in [-0.2, -0.15) is 0 Å². The second-order valence-electron chi connectivity index (χ2n) is 7.97. The molecule has 0 bridgehead atoms. The SMILES string of the molecule is Cc1cc(C)c(C2=C(OC(=O)c3ccc(Cl)cc3)C3(CCCC3)OC2=O)c(C)c1. The Kier molecular flexibility index (Phi) is 4.99. The smallest absolute Gasteiger partial charge is 0.343 e. The molecule has 1 aliphatic carbocycles. The minimum Gasteiger partial charge on any atom is -0.447 e. The Labute approximate surface area is 175 Å². The molecule has 1 saturated carbocycles. The Morgan fingerprint density at radius 1 is 1.03 bits per heavy atom. The van der Waals surface area contributed by atoms with Gasteiger partial charge in [0.05, 0.1) is 5.56 Å². The molecule has 0 N–H and O–H groups in total. The lowest BCUT2D eigenvalue weighted by Crippen LogP contribution is -2.30. The van der Waals surface area contributed by atoms with Gasteiger partial charge in [-0.1, -0.05) is 29.3 Å². The first-order valence-electron chi connectivity index (χ1n) is 9.85. The van der Waals surface area contributed by atoms with Crippen LogP contribution in [0.2, 0.25) is 5.02 Å². The fraction of sp³-hybridized carbons (Fsp3) is 0.333. The predicted octanol–water partition coefficient (Wildman–Crippen LogP) is 5.70. The fourth-order valence-electron chi connectivity index (χ4n) is 4.54. The van der Waals surface area contributed by atoms with Crippen molar-refractivity contribution in [2.75, 3.05) is 0 Å². The molecule has 0 unspecified atom stereocenters. The number of aryl methyl sites for hydroxylation is 3. The summed E-state index contributed by atoms with van der Waals surface area (Å²) in [6.45, 7) is 5.95. The molecule has 1 aliphatic heterocycles. The quantitative estimate of drug-likeness (QED) is 0.609. The van der Waals surface area contributed by atoms with Gasteiger partial charge in [0.15, 0.2) is 11.4 Å². The molecular formula is C24H23ClO4. The van der Waals surface area contributed by atoms with Crippen LogP contribution < -0.4 is 0 Å². The summed E-state index contributed by atoms with van der Waals surface area (Å²) in [6.07, 6.45) is 3.17. The Morgan fingerprint density at radius 2 is 1.62 bits per heavy atom. The average molecular weight is 411 g/mol. The Hall–Kier alpha value is -2.59. The number of rotatable bonds is 3. The molecule has 0 amide bonds. The van der Waals surface area contributed by atoms with E-state index in [2.05, 4.69) is 0 Å². The standard InChI is InChI=1S/C24H23ClO4/c1-14-12-15(2)19(16(3)13-14)20-21(24(29-23(20)27)10-4-5-11-24)28-22(26)17-6-8-18(25)9-7-17/h6-9,12-13H,4-5,10-11H2,1-3H3. The van der Waals surface area contributed by atoms with Crippen molar-refractivity contribution < 1.29 is 19.1 Å². The van der Waals surface area contributed by atoms with E-state index < -0.39 is 17.5 Å². The van der Waals surface area contributed by atoms with Gasteiger partial charge in [-0.05, 0) is 87.4 Å². The average Bonchev–Trinajstić information content (AvgIpc) is 3.21. The van der Waals surface area contributed by atoms with Gasteiger partial charge in [0.25, 0.3) is 0 Å². The molecule has 1 fully saturated rings. The lowest BCUT2D eigenvalue weighted by atomic mass is 9.90. The van der Waals surface area contributed by atoms with Gasteiger partial charge in [0.2, 0.25) is 0 Å². The maximum absolute atomic E-state index is 13.0. The van der Waals surface area contributed by atoms with Crippen LogP contribution in [-0.2, 0) is 14.3 Å². The summed E-state index contributed by atoms with van der Waals surface area (Å²) in [7, 11) is 0. The summed E-state index contributed by atoms with van der Waals surface area (Å²) in [5.74, 6) is -0.572. The second kappa shape index (κ2) is 7.34. The number of carbonyl (C=O) groups is 2.